The van der Waals surface area contributed by atoms with Crippen molar-refractivity contribution in [3.63, 3.8) is 0 Å². The molecule has 1 rings (SSSR count). The van der Waals surface area contributed by atoms with Crippen molar-refractivity contribution in [3.8, 4) is 0 Å². The van der Waals surface area contributed by atoms with Crippen LogP contribution in [0.2, 0.25) is 0 Å². The molecular weight excluding hydrogens is 400 g/mol. The highest BCUT2D eigenvalue weighted by molar-refractivity contribution is 8.93. The molecule has 3 nitrogen and oxygen atoms in total. The molecule has 0 saturated heterocycles. The van der Waals surface area contributed by atoms with Crippen LogP contribution in [0.25, 0.3) is 0 Å². The Labute approximate surface area is 180 Å². The van der Waals surface area contributed by atoms with Crippen molar-refractivity contribution >= 4 is 17.0 Å². The summed E-state index contributed by atoms with van der Waals surface area (Å²) in [6.45, 7) is 7.40. The molecule has 1 atom stereocenters. The highest BCUT2D eigenvalue weighted by Crippen LogP contribution is 2.13. The van der Waals surface area contributed by atoms with Crippen LogP contribution in [0, 0.1) is 0 Å². The van der Waals surface area contributed by atoms with Crippen LogP contribution in [0.4, 0.5) is 0 Å². The predicted molar refractivity (Wildman–Crippen MR) is 125 cm³/mol. The maximum atomic E-state index is 5.95. The summed E-state index contributed by atoms with van der Waals surface area (Å²) in [5.74, 6) is 0. The minimum absolute atomic E-state index is 0. The standard InChI is InChI=1S/C23H46N2O.BrH/c1-4-5-6-7-8-9-10-11-12-13-14-15-16-17-20-26-23(2)21-25-19-18-24(3)22-25;/h18-19,23H,4-17,20-22H2,1-3H3;1H. The number of halogens is 1. The van der Waals surface area contributed by atoms with Crippen LogP contribution in [-0.4, -0.2) is 42.8 Å². The molecule has 0 aromatic rings. The van der Waals surface area contributed by atoms with Gasteiger partial charge < -0.3 is 14.5 Å². The second-order valence-electron chi connectivity index (χ2n) is 8.25. The van der Waals surface area contributed by atoms with Crippen LogP contribution in [-0.2, 0) is 4.74 Å². The first-order valence-corrected chi connectivity index (χ1v) is 11.5. The Bertz CT molecular complexity index is 338. The Morgan fingerprint density at radius 3 is 1.70 bits per heavy atom. The SMILES string of the molecule is Br.CCCCCCCCCCCCCCCCOC(C)CN1C=CN(C)C1. The monoisotopic (exact) mass is 446 g/mol. The van der Waals surface area contributed by atoms with E-state index in [0.717, 1.165) is 19.8 Å². The van der Waals surface area contributed by atoms with Gasteiger partial charge in [-0.1, -0.05) is 90.4 Å². The average Bonchev–Trinajstić information content (AvgIpc) is 3.03. The first-order chi connectivity index (χ1) is 12.7. The van der Waals surface area contributed by atoms with E-state index < -0.39 is 0 Å². The maximum absolute atomic E-state index is 5.95. The minimum atomic E-state index is 0. The molecule has 1 aliphatic heterocycles. The van der Waals surface area contributed by atoms with Gasteiger partial charge in [0, 0.05) is 32.6 Å². The van der Waals surface area contributed by atoms with Gasteiger partial charge >= 0.3 is 0 Å². The zero-order valence-corrected chi connectivity index (χ0v) is 20.2. The van der Waals surface area contributed by atoms with E-state index in [0.29, 0.717) is 6.10 Å². The van der Waals surface area contributed by atoms with Crippen molar-refractivity contribution in [2.24, 2.45) is 0 Å². The Balaban J connectivity index is 0.00000676. The lowest BCUT2D eigenvalue weighted by atomic mass is 10.0. The fourth-order valence-corrected chi connectivity index (χ4v) is 3.67. The van der Waals surface area contributed by atoms with E-state index in [1.165, 1.54) is 89.9 Å². The molecule has 27 heavy (non-hydrogen) atoms. The summed E-state index contributed by atoms with van der Waals surface area (Å²) in [5.41, 5.74) is 0. The first-order valence-electron chi connectivity index (χ1n) is 11.5. The van der Waals surface area contributed by atoms with Crippen molar-refractivity contribution in [1.29, 1.82) is 0 Å². The van der Waals surface area contributed by atoms with Crippen molar-refractivity contribution in [2.75, 3.05) is 26.9 Å². The number of unbranched alkanes of at least 4 members (excludes halogenated alkanes) is 13. The highest BCUT2D eigenvalue weighted by atomic mass is 79.9. The maximum Gasteiger partial charge on any atom is 0.0891 e. The molecule has 1 aliphatic rings. The Morgan fingerprint density at radius 1 is 0.778 bits per heavy atom. The van der Waals surface area contributed by atoms with E-state index in [2.05, 4.69) is 43.1 Å². The summed E-state index contributed by atoms with van der Waals surface area (Å²) >= 11 is 0. The number of rotatable bonds is 18. The van der Waals surface area contributed by atoms with E-state index in [1.54, 1.807) is 0 Å². The second kappa shape index (κ2) is 19.1. The topological polar surface area (TPSA) is 15.7 Å². The lowest BCUT2D eigenvalue weighted by molar-refractivity contribution is 0.0427. The van der Waals surface area contributed by atoms with E-state index in [9.17, 15) is 0 Å². The van der Waals surface area contributed by atoms with Gasteiger partial charge in [0.1, 0.15) is 0 Å². The van der Waals surface area contributed by atoms with E-state index in [4.69, 9.17) is 4.74 Å². The zero-order chi connectivity index (χ0) is 18.9. The average molecular weight is 448 g/mol. The Hall–Kier alpha value is -0.220. The number of nitrogens with zero attached hydrogens (tertiary/aromatic N) is 2. The molecule has 0 amide bonds. The largest absolute Gasteiger partial charge is 0.377 e. The third kappa shape index (κ3) is 16.4. The molecule has 162 valence electrons. The van der Waals surface area contributed by atoms with E-state index in [1.807, 2.05) is 0 Å². The summed E-state index contributed by atoms with van der Waals surface area (Å²) in [4.78, 5) is 4.51. The molecular formula is C23H47BrN2O. The van der Waals surface area contributed by atoms with Crippen molar-refractivity contribution < 1.29 is 4.74 Å². The molecule has 1 heterocycles. The van der Waals surface area contributed by atoms with Gasteiger partial charge in [0.25, 0.3) is 0 Å². The summed E-state index contributed by atoms with van der Waals surface area (Å²) in [6.07, 6.45) is 24.4. The summed E-state index contributed by atoms with van der Waals surface area (Å²) < 4.78 is 5.95. The summed E-state index contributed by atoms with van der Waals surface area (Å²) in [5, 5.41) is 0. The van der Waals surface area contributed by atoms with Crippen molar-refractivity contribution in [2.45, 2.75) is 110 Å². The molecule has 0 saturated carbocycles. The number of hydrogen-bond acceptors (Lipinski definition) is 3. The van der Waals surface area contributed by atoms with Crippen LogP contribution in [0.3, 0.4) is 0 Å². The fourth-order valence-electron chi connectivity index (χ4n) is 3.67. The van der Waals surface area contributed by atoms with E-state index in [-0.39, 0.29) is 17.0 Å². The van der Waals surface area contributed by atoms with Gasteiger partial charge in [-0.3, -0.25) is 0 Å². The molecule has 0 fully saturated rings. The van der Waals surface area contributed by atoms with Gasteiger partial charge in [-0.15, -0.1) is 17.0 Å². The van der Waals surface area contributed by atoms with Crippen LogP contribution < -0.4 is 0 Å². The summed E-state index contributed by atoms with van der Waals surface area (Å²) in [7, 11) is 2.11. The Kier molecular flexibility index (Phi) is 19.0. The van der Waals surface area contributed by atoms with Crippen LogP contribution in [0.15, 0.2) is 12.4 Å². The van der Waals surface area contributed by atoms with Gasteiger partial charge in [0.2, 0.25) is 0 Å². The lowest BCUT2D eigenvalue weighted by Gasteiger charge is -2.22. The van der Waals surface area contributed by atoms with Gasteiger partial charge in [-0.25, -0.2) is 0 Å². The van der Waals surface area contributed by atoms with Gasteiger partial charge in [-0.2, -0.15) is 0 Å². The molecule has 0 aromatic heterocycles. The van der Waals surface area contributed by atoms with E-state index >= 15 is 0 Å². The van der Waals surface area contributed by atoms with Gasteiger partial charge in [0.15, 0.2) is 0 Å². The van der Waals surface area contributed by atoms with Crippen LogP contribution in [0.1, 0.15) is 104 Å². The van der Waals surface area contributed by atoms with Crippen LogP contribution >= 0.6 is 17.0 Å². The number of hydrogen-bond donors (Lipinski definition) is 0. The third-order valence-corrected chi connectivity index (χ3v) is 5.33. The number of ether oxygens (including phenoxy) is 1. The van der Waals surface area contributed by atoms with Crippen LogP contribution in [0.5, 0.6) is 0 Å². The van der Waals surface area contributed by atoms with Crippen molar-refractivity contribution in [1.82, 2.24) is 9.80 Å². The summed E-state index contributed by atoms with van der Waals surface area (Å²) in [6, 6.07) is 0. The third-order valence-electron chi connectivity index (χ3n) is 5.33. The molecule has 0 aromatic carbocycles. The minimum Gasteiger partial charge on any atom is -0.377 e. The molecule has 0 bridgehead atoms. The molecule has 4 heteroatoms. The molecule has 0 N–H and O–H groups in total. The second-order valence-corrected chi connectivity index (χ2v) is 8.25. The smallest absolute Gasteiger partial charge is 0.0891 e. The molecule has 0 aliphatic carbocycles. The predicted octanol–water partition coefficient (Wildman–Crippen LogP) is 7.13. The molecule has 0 radical (unpaired) electrons. The molecule has 1 unspecified atom stereocenters. The fraction of sp³-hybridized carbons (Fsp3) is 0.913. The molecule has 0 spiro atoms. The zero-order valence-electron chi connectivity index (χ0n) is 18.5. The van der Waals surface area contributed by atoms with Gasteiger partial charge in [-0.05, 0) is 13.3 Å². The first kappa shape index (κ1) is 26.8. The van der Waals surface area contributed by atoms with Crippen molar-refractivity contribution in [3.05, 3.63) is 12.4 Å². The lowest BCUT2D eigenvalue weighted by Crippen LogP contribution is -2.30. The quantitative estimate of drug-likeness (QED) is 0.208. The normalized spacial score (nSPS) is 14.6. The van der Waals surface area contributed by atoms with Gasteiger partial charge in [0.05, 0.1) is 12.8 Å². The highest BCUT2D eigenvalue weighted by Gasteiger charge is 2.12. The Morgan fingerprint density at radius 2 is 1.26 bits per heavy atom.